The van der Waals surface area contributed by atoms with Crippen LogP contribution in [0, 0.1) is 6.92 Å². The van der Waals surface area contributed by atoms with Gasteiger partial charge < -0.3 is 9.80 Å². The predicted octanol–water partition coefficient (Wildman–Crippen LogP) is 4.26. The fourth-order valence-electron chi connectivity index (χ4n) is 2.87. The summed E-state index contributed by atoms with van der Waals surface area (Å²) in [5.41, 5.74) is 2.80. The Balaban J connectivity index is 1.69. The summed E-state index contributed by atoms with van der Waals surface area (Å²) in [5, 5.41) is 1.26. The van der Waals surface area contributed by atoms with E-state index in [1.165, 1.54) is 0 Å². The average molecular weight is 349 g/mol. The van der Waals surface area contributed by atoms with Gasteiger partial charge in [-0.25, -0.2) is 0 Å². The first-order valence-corrected chi connectivity index (χ1v) is 8.36. The maximum Gasteiger partial charge on any atom is 0.254 e. The normalized spacial score (nSPS) is 14.9. The molecule has 1 amide bonds. The van der Waals surface area contributed by atoms with Crippen LogP contribution < -0.4 is 4.90 Å². The van der Waals surface area contributed by atoms with Gasteiger partial charge in [-0.15, -0.1) is 0 Å². The van der Waals surface area contributed by atoms with Crippen LogP contribution in [-0.4, -0.2) is 37.0 Å². The minimum absolute atomic E-state index is 0.104. The lowest BCUT2D eigenvalue weighted by molar-refractivity contribution is 0.0746. The van der Waals surface area contributed by atoms with Crippen LogP contribution >= 0.6 is 23.2 Å². The van der Waals surface area contributed by atoms with Gasteiger partial charge in [0, 0.05) is 47.5 Å². The minimum atomic E-state index is 0.104. The highest BCUT2D eigenvalue weighted by molar-refractivity contribution is 6.35. The molecule has 0 bridgehead atoms. The van der Waals surface area contributed by atoms with Gasteiger partial charge in [0.25, 0.3) is 5.91 Å². The van der Waals surface area contributed by atoms with Crippen LogP contribution in [0.25, 0.3) is 0 Å². The van der Waals surface area contributed by atoms with E-state index in [1.807, 2.05) is 48.2 Å². The average Bonchev–Trinajstić information content (AvgIpc) is 2.54. The summed E-state index contributed by atoms with van der Waals surface area (Å²) in [6.45, 7) is 4.90. The van der Waals surface area contributed by atoms with Crippen molar-refractivity contribution in [3.05, 3.63) is 63.6 Å². The molecule has 5 heteroatoms. The summed E-state index contributed by atoms with van der Waals surface area (Å²) in [5.74, 6) is 0.104. The zero-order chi connectivity index (χ0) is 16.4. The number of halogens is 2. The predicted molar refractivity (Wildman–Crippen MR) is 95.8 cm³/mol. The first-order chi connectivity index (χ1) is 11.0. The van der Waals surface area contributed by atoms with E-state index in [0.717, 1.165) is 29.9 Å². The molecule has 2 aromatic carbocycles. The topological polar surface area (TPSA) is 23.6 Å². The number of amides is 1. The molecule has 0 spiro atoms. The van der Waals surface area contributed by atoms with E-state index >= 15 is 0 Å². The number of benzene rings is 2. The molecule has 0 aliphatic carbocycles. The lowest BCUT2D eigenvalue weighted by Crippen LogP contribution is -2.48. The maximum absolute atomic E-state index is 12.6. The molecule has 2 aromatic rings. The van der Waals surface area contributed by atoms with Crippen molar-refractivity contribution in [1.82, 2.24) is 4.90 Å². The maximum atomic E-state index is 12.6. The molecule has 1 fully saturated rings. The standard InChI is InChI=1S/C18H18Cl2N2O/c1-13-4-2-3-5-17(13)18(23)22-8-6-21(7-9-22)16-11-14(19)10-15(20)12-16/h2-5,10-12H,6-9H2,1H3. The summed E-state index contributed by atoms with van der Waals surface area (Å²) in [4.78, 5) is 16.8. The van der Waals surface area contributed by atoms with Crippen molar-refractivity contribution in [3.63, 3.8) is 0 Å². The smallest absolute Gasteiger partial charge is 0.254 e. The van der Waals surface area contributed by atoms with Crippen molar-refractivity contribution in [2.75, 3.05) is 31.1 Å². The Morgan fingerprint density at radius 1 is 0.957 bits per heavy atom. The lowest BCUT2D eigenvalue weighted by Gasteiger charge is -2.36. The number of anilines is 1. The molecular formula is C18H18Cl2N2O. The van der Waals surface area contributed by atoms with E-state index in [2.05, 4.69) is 4.90 Å². The molecule has 0 aromatic heterocycles. The molecule has 3 rings (SSSR count). The summed E-state index contributed by atoms with van der Waals surface area (Å²) in [6.07, 6.45) is 0. The number of hydrogen-bond donors (Lipinski definition) is 0. The van der Waals surface area contributed by atoms with Gasteiger partial charge in [-0.05, 0) is 36.8 Å². The highest BCUT2D eigenvalue weighted by atomic mass is 35.5. The fraction of sp³-hybridized carbons (Fsp3) is 0.278. The molecule has 0 saturated carbocycles. The molecule has 1 aliphatic heterocycles. The van der Waals surface area contributed by atoms with Crippen molar-refractivity contribution in [2.45, 2.75) is 6.92 Å². The zero-order valence-corrected chi connectivity index (χ0v) is 14.4. The molecule has 0 unspecified atom stereocenters. The number of nitrogens with zero attached hydrogens (tertiary/aromatic N) is 2. The lowest BCUT2D eigenvalue weighted by atomic mass is 10.1. The monoisotopic (exact) mass is 348 g/mol. The zero-order valence-electron chi connectivity index (χ0n) is 12.9. The van der Waals surface area contributed by atoms with Gasteiger partial charge in [0.1, 0.15) is 0 Å². The van der Waals surface area contributed by atoms with Gasteiger partial charge in [-0.3, -0.25) is 4.79 Å². The molecule has 23 heavy (non-hydrogen) atoms. The third kappa shape index (κ3) is 3.62. The van der Waals surface area contributed by atoms with Crippen molar-refractivity contribution < 1.29 is 4.79 Å². The van der Waals surface area contributed by atoms with Crippen LogP contribution in [0.1, 0.15) is 15.9 Å². The van der Waals surface area contributed by atoms with Crippen LogP contribution in [0.4, 0.5) is 5.69 Å². The van der Waals surface area contributed by atoms with E-state index < -0.39 is 0 Å². The van der Waals surface area contributed by atoms with Gasteiger partial charge in [0.05, 0.1) is 0 Å². The SMILES string of the molecule is Cc1ccccc1C(=O)N1CCN(c2cc(Cl)cc(Cl)c2)CC1. The Labute approximate surface area is 146 Å². The van der Waals surface area contributed by atoms with Crippen molar-refractivity contribution in [1.29, 1.82) is 0 Å². The molecule has 1 heterocycles. The number of carbonyl (C=O) groups is 1. The summed E-state index contributed by atoms with van der Waals surface area (Å²) < 4.78 is 0. The van der Waals surface area contributed by atoms with Crippen molar-refractivity contribution in [3.8, 4) is 0 Å². The molecule has 1 aliphatic rings. The highest BCUT2D eigenvalue weighted by Crippen LogP contribution is 2.26. The van der Waals surface area contributed by atoms with E-state index in [1.54, 1.807) is 6.07 Å². The van der Waals surface area contributed by atoms with Gasteiger partial charge in [-0.1, -0.05) is 41.4 Å². The third-order valence-corrected chi connectivity index (χ3v) is 4.59. The van der Waals surface area contributed by atoms with E-state index in [0.29, 0.717) is 23.1 Å². The second-order valence-electron chi connectivity index (χ2n) is 5.72. The van der Waals surface area contributed by atoms with Gasteiger partial charge >= 0.3 is 0 Å². The fourth-order valence-corrected chi connectivity index (χ4v) is 3.39. The van der Waals surface area contributed by atoms with Crippen LogP contribution in [0.2, 0.25) is 10.0 Å². The molecule has 0 atom stereocenters. The largest absolute Gasteiger partial charge is 0.368 e. The number of rotatable bonds is 2. The second kappa shape index (κ2) is 6.81. The molecule has 1 saturated heterocycles. The molecule has 0 radical (unpaired) electrons. The molecule has 120 valence electrons. The Bertz CT molecular complexity index is 704. The van der Waals surface area contributed by atoms with Crippen LogP contribution in [0.15, 0.2) is 42.5 Å². The summed E-state index contributed by atoms with van der Waals surface area (Å²) in [7, 11) is 0. The Morgan fingerprint density at radius 2 is 1.57 bits per heavy atom. The third-order valence-electron chi connectivity index (χ3n) is 4.15. The quantitative estimate of drug-likeness (QED) is 0.809. The van der Waals surface area contributed by atoms with Crippen molar-refractivity contribution in [2.24, 2.45) is 0 Å². The highest BCUT2D eigenvalue weighted by Gasteiger charge is 2.23. The first kappa shape index (κ1) is 16.2. The van der Waals surface area contributed by atoms with E-state index in [9.17, 15) is 4.79 Å². The first-order valence-electron chi connectivity index (χ1n) is 7.60. The molecular weight excluding hydrogens is 331 g/mol. The number of hydrogen-bond acceptors (Lipinski definition) is 2. The minimum Gasteiger partial charge on any atom is -0.368 e. The molecule has 0 N–H and O–H groups in total. The second-order valence-corrected chi connectivity index (χ2v) is 6.59. The van der Waals surface area contributed by atoms with Crippen LogP contribution in [0.3, 0.4) is 0 Å². The van der Waals surface area contributed by atoms with Gasteiger partial charge in [0.15, 0.2) is 0 Å². The summed E-state index contributed by atoms with van der Waals surface area (Å²) >= 11 is 12.1. The Kier molecular flexibility index (Phi) is 4.79. The Morgan fingerprint density at radius 3 is 2.17 bits per heavy atom. The van der Waals surface area contributed by atoms with Crippen LogP contribution in [-0.2, 0) is 0 Å². The van der Waals surface area contributed by atoms with Gasteiger partial charge in [0.2, 0.25) is 0 Å². The van der Waals surface area contributed by atoms with Crippen LogP contribution in [0.5, 0.6) is 0 Å². The Hall–Kier alpha value is -1.71. The van der Waals surface area contributed by atoms with Gasteiger partial charge in [-0.2, -0.15) is 0 Å². The van der Waals surface area contributed by atoms with E-state index in [4.69, 9.17) is 23.2 Å². The van der Waals surface area contributed by atoms with E-state index in [-0.39, 0.29) is 5.91 Å². The van der Waals surface area contributed by atoms with Crippen molar-refractivity contribution >= 4 is 34.8 Å². The molecule has 3 nitrogen and oxygen atoms in total. The number of piperazine rings is 1. The number of aryl methyl sites for hydroxylation is 1. The summed E-state index contributed by atoms with van der Waals surface area (Å²) in [6, 6.07) is 13.3. The number of carbonyl (C=O) groups excluding carboxylic acids is 1.